The number of aromatic nitrogens is 4. The monoisotopic (exact) mass is 568 g/mol. The third-order valence-corrected chi connectivity index (χ3v) is 8.52. The van der Waals surface area contributed by atoms with Crippen LogP contribution >= 0.6 is 0 Å². The highest BCUT2D eigenvalue weighted by Gasteiger charge is 2.31. The van der Waals surface area contributed by atoms with Gasteiger partial charge in [-0.3, -0.25) is 14.3 Å². The molecular formula is C29H38F2N8O2. The Morgan fingerprint density at radius 1 is 0.976 bits per heavy atom. The molecule has 220 valence electrons. The summed E-state index contributed by atoms with van der Waals surface area (Å²) in [6, 6.07) is 7.49. The Hall–Kier alpha value is -3.38. The van der Waals surface area contributed by atoms with Crippen molar-refractivity contribution in [2.75, 3.05) is 50.1 Å². The molecule has 12 heteroatoms. The summed E-state index contributed by atoms with van der Waals surface area (Å²) in [5.74, 6) is 1.21. The molecule has 2 saturated heterocycles. The van der Waals surface area contributed by atoms with Gasteiger partial charge in [0, 0.05) is 31.2 Å². The Balaban J connectivity index is 1.24. The van der Waals surface area contributed by atoms with Crippen molar-refractivity contribution in [2.45, 2.75) is 70.0 Å². The molecule has 1 amide bonds. The van der Waals surface area contributed by atoms with Gasteiger partial charge in [0.2, 0.25) is 11.9 Å². The topological polar surface area (TPSA) is 100 Å². The second-order valence-electron chi connectivity index (χ2n) is 11.4. The second kappa shape index (κ2) is 11.8. The summed E-state index contributed by atoms with van der Waals surface area (Å²) in [6.45, 7) is 5.35. The number of nitrogens with zero attached hydrogens (tertiary/aromatic N) is 6. The Morgan fingerprint density at radius 3 is 2.41 bits per heavy atom. The highest BCUT2D eigenvalue weighted by molar-refractivity contribution is 5.82. The lowest BCUT2D eigenvalue weighted by atomic mass is 9.91. The van der Waals surface area contributed by atoms with Crippen LogP contribution in [0.25, 0.3) is 16.9 Å². The van der Waals surface area contributed by atoms with Gasteiger partial charge >= 0.3 is 0 Å². The first-order valence-electron chi connectivity index (χ1n) is 14.6. The molecule has 0 radical (unpaired) electrons. The van der Waals surface area contributed by atoms with E-state index in [-0.39, 0.29) is 29.9 Å². The van der Waals surface area contributed by atoms with Crippen molar-refractivity contribution >= 4 is 28.7 Å². The second-order valence-corrected chi connectivity index (χ2v) is 11.4. The number of alkyl halides is 2. The number of carbonyl (C=O) groups is 1. The van der Waals surface area contributed by atoms with Crippen LogP contribution in [0.4, 0.5) is 20.5 Å². The molecule has 2 aromatic heterocycles. The summed E-state index contributed by atoms with van der Waals surface area (Å²) in [5.41, 5.74) is 2.03. The highest BCUT2D eigenvalue weighted by atomic mass is 19.3. The molecule has 3 fully saturated rings. The molecule has 41 heavy (non-hydrogen) atoms. The van der Waals surface area contributed by atoms with Crippen molar-refractivity contribution in [1.29, 1.82) is 0 Å². The number of benzene rings is 1. The van der Waals surface area contributed by atoms with Gasteiger partial charge in [-0.25, -0.2) is 13.8 Å². The first kappa shape index (κ1) is 27.8. The van der Waals surface area contributed by atoms with Crippen LogP contribution in [0.15, 0.2) is 24.3 Å². The van der Waals surface area contributed by atoms with Crippen LogP contribution in [-0.2, 0) is 9.53 Å². The molecule has 2 aliphatic heterocycles. The van der Waals surface area contributed by atoms with Crippen LogP contribution in [0.3, 0.4) is 0 Å². The standard InChI is InChI=1S/C29H38F2N8O2/c1-18-5-10-21-23(16-18)39(27(34-21)26(30)31)25-17-24(38-12-14-41-15-13-38)35-29(36-25)33-20-8-6-19(7-9-20)32-28(40)22-4-3-11-37(22)2/h5,10,16-17,19-20,22,26H,3-4,6-9,11-15H2,1-2H3,(H,32,40)(H,33,35,36)/t19?,20?,22-/m0/s1. The Labute approximate surface area is 238 Å². The van der Waals surface area contributed by atoms with Crippen molar-refractivity contribution in [3.05, 3.63) is 35.7 Å². The van der Waals surface area contributed by atoms with E-state index in [0.29, 0.717) is 54.9 Å². The number of hydrogen-bond donors (Lipinski definition) is 2. The number of anilines is 2. The number of amides is 1. The molecule has 10 nitrogen and oxygen atoms in total. The Morgan fingerprint density at radius 2 is 1.71 bits per heavy atom. The van der Waals surface area contributed by atoms with Gasteiger partial charge in [-0.2, -0.15) is 9.97 Å². The normalized spacial score (nSPS) is 23.8. The maximum absolute atomic E-state index is 14.2. The summed E-state index contributed by atoms with van der Waals surface area (Å²) in [6.07, 6.45) is 2.62. The van der Waals surface area contributed by atoms with Crippen LogP contribution in [0.5, 0.6) is 0 Å². The predicted octanol–water partition coefficient (Wildman–Crippen LogP) is 3.83. The highest BCUT2D eigenvalue weighted by Crippen LogP contribution is 2.31. The number of hydrogen-bond acceptors (Lipinski definition) is 8. The minimum Gasteiger partial charge on any atom is -0.378 e. The van der Waals surface area contributed by atoms with Gasteiger partial charge in [-0.15, -0.1) is 0 Å². The lowest BCUT2D eigenvalue weighted by Crippen LogP contribution is -2.47. The number of fused-ring (bicyclic) bond motifs is 1. The average molecular weight is 569 g/mol. The number of nitrogens with one attached hydrogen (secondary N) is 2. The summed E-state index contributed by atoms with van der Waals surface area (Å²) < 4.78 is 35.4. The molecule has 0 bridgehead atoms. The van der Waals surface area contributed by atoms with E-state index in [1.165, 1.54) is 4.57 Å². The van der Waals surface area contributed by atoms with Gasteiger partial charge in [-0.05, 0) is 76.7 Å². The maximum Gasteiger partial charge on any atom is 0.296 e. The molecule has 3 aromatic rings. The number of likely N-dealkylation sites (tertiary alicyclic amines) is 1. The molecule has 1 aromatic carbocycles. The molecule has 0 unspecified atom stereocenters. The van der Waals surface area contributed by atoms with Gasteiger partial charge < -0.3 is 20.3 Å². The SMILES string of the molecule is Cc1ccc2nc(C(F)F)n(-c3cc(N4CCOCC4)nc(NC4CCC(NC(=O)[C@@H]5CCCN5C)CC4)n3)c2c1. The van der Waals surface area contributed by atoms with E-state index in [9.17, 15) is 13.6 Å². The van der Waals surface area contributed by atoms with Gasteiger partial charge in [0.1, 0.15) is 11.6 Å². The molecule has 1 atom stereocenters. The molecule has 2 N–H and O–H groups in total. The molecule has 4 heterocycles. The third-order valence-electron chi connectivity index (χ3n) is 8.52. The smallest absolute Gasteiger partial charge is 0.296 e. The summed E-state index contributed by atoms with van der Waals surface area (Å²) in [4.78, 5) is 30.8. The van der Waals surface area contributed by atoms with Crippen LogP contribution in [-0.4, -0.2) is 88.3 Å². The largest absolute Gasteiger partial charge is 0.378 e. The quantitative estimate of drug-likeness (QED) is 0.444. The van der Waals surface area contributed by atoms with Crippen LogP contribution < -0.4 is 15.5 Å². The van der Waals surface area contributed by atoms with Crippen molar-refractivity contribution in [3.63, 3.8) is 0 Å². The Bertz CT molecular complexity index is 1380. The number of likely N-dealkylation sites (N-methyl/N-ethyl adjacent to an activating group) is 1. The third kappa shape index (κ3) is 5.99. The first-order valence-corrected chi connectivity index (χ1v) is 14.6. The van der Waals surface area contributed by atoms with E-state index in [1.54, 1.807) is 12.1 Å². The average Bonchev–Trinajstić information content (AvgIpc) is 3.58. The molecule has 1 saturated carbocycles. The number of carbonyl (C=O) groups excluding carboxylic acids is 1. The number of halogens is 2. The summed E-state index contributed by atoms with van der Waals surface area (Å²) >= 11 is 0. The molecule has 6 rings (SSSR count). The summed E-state index contributed by atoms with van der Waals surface area (Å²) in [5, 5.41) is 6.74. The molecule has 0 spiro atoms. The summed E-state index contributed by atoms with van der Waals surface area (Å²) in [7, 11) is 2.01. The number of aryl methyl sites for hydroxylation is 1. The van der Waals surface area contributed by atoms with Crippen LogP contribution in [0, 0.1) is 6.92 Å². The molecule has 1 aliphatic carbocycles. The van der Waals surface area contributed by atoms with E-state index in [2.05, 4.69) is 25.4 Å². The fourth-order valence-corrected chi connectivity index (χ4v) is 6.25. The fraction of sp³-hybridized carbons (Fsp3) is 0.586. The zero-order valence-corrected chi connectivity index (χ0v) is 23.7. The van der Waals surface area contributed by atoms with Crippen molar-refractivity contribution < 1.29 is 18.3 Å². The van der Waals surface area contributed by atoms with Gasteiger partial charge in [0.05, 0.1) is 30.3 Å². The first-order chi connectivity index (χ1) is 19.9. The van der Waals surface area contributed by atoms with Gasteiger partial charge in [0.15, 0.2) is 5.82 Å². The number of morpholine rings is 1. The Kier molecular flexibility index (Phi) is 8.03. The maximum atomic E-state index is 14.2. The van der Waals surface area contributed by atoms with E-state index in [0.717, 1.165) is 50.6 Å². The van der Waals surface area contributed by atoms with Crippen molar-refractivity contribution in [3.8, 4) is 5.82 Å². The van der Waals surface area contributed by atoms with Crippen LogP contribution in [0.2, 0.25) is 0 Å². The van der Waals surface area contributed by atoms with E-state index < -0.39 is 6.43 Å². The van der Waals surface area contributed by atoms with Gasteiger partial charge in [-0.1, -0.05) is 6.07 Å². The lowest BCUT2D eigenvalue weighted by molar-refractivity contribution is -0.126. The minimum atomic E-state index is -2.77. The van der Waals surface area contributed by atoms with E-state index in [1.807, 2.05) is 26.1 Å². The fourth-order valence-electron chi connectivity index (χ4n) is 6.25. The zero-order chi connectivity index (χ0) is 28.5. The number of rotatable bonds is 7. The molecular weight excluding hydrogens is 530 g/mol. The van der Waals surface area contributed by atoms with Crippen LogP contribution in [0.1, 0.15) is 56.3 Å². The zero-order valence-electron chi connectivity index (χ0n) is 23.7. The molecule has 3 aliphatic rings. The van der Waals surface area contributed by atoms with Gasteiger partial charge in [0.25, 0.3) is 6.43 Å². The van der Waals surface area contributed by atoms with Crippen molar-refractivity contribution in [2.24, 2.45) is 0 Å². The number of ether oxygens (including phenoxy) is 1. The number of imidazole rings is 1. The van der Waals surface area contributed by atoms with E-state index >= 15 is 0 Å². The van der Waals surface area contributed by atoms with Crippen molar-refractivity contribution in [1.82, 2.24) is 29.7 Å². The predicted molar refractivity (Wildman–Crippen MR) is 153 cm³/mol. The van der Waals surface area contributed by atoms with E-state index in [4.69, 9.17) is 14.7 Å². The minimum absolute atomic E-state index is 0.0261. The lowest BCUT2D eigenvalue weighted by Gasteiger charge is -2.32.